The first-order valence-corrected chi connectivity index (χ1v) is 12.2. The molecular formula is C26H25F7N4O6. The second kappa shape index (κ2) is 15.0. The Kier molecular flexibility index (Phi) is 12.0. The Morgan fingerprint density at radius 2 is 1.58 bits per heavy atom. The topological polar surface area (TPSA) is 146 Å². The minimum absolute atomic E-state index is 0.131. The molecule has 0 bridgehead atoms. The third-order valence-corrected chi connectivity index (χ3v) is 5.79. The normalized spacial score (nSPS) is 12.9. The summed E-state index contributed by atoms with van der Waals surface area (Å²) in [6, 6.07) is 10.2. The number of hydrogen-bond acceptors (Lipinski definition) is 6. The quantitative estimate of drug-likeness (QED) is 0.354. The fraction of sp³-hybridized carbons (Fsp3) is 0.346. The number of nitrogens with zero attached hydrogens (tertiary/aromatic N) is 3. The number of methoxy groups -OCH3 is 1. The Hall–Kier alpha value is -4.70. The lowest BCUT2D eigenvalue weighted by Gasteiger charge is -2.20. The molecule has 4 rings (SSSR count). The Bertz CT molecular complexity index is 1390. The lowest BCUT2D eigenvalue weighted by atomic mass is 10.0. The lowest BCUT2D eigenvalue weighted by molar-refractivity contribution is -0.193. The monoisotopic (exact) mass is 622 g/mol. The van der Waals surface area contributed by atoms with Gasteiger partial charge in [-0.3, -0.25) is 9.89 Å². The molecule has 43 heavy (non-hydrogen) atoms. The van der Waals surface area contributed by atoms with Crippen molar-refractivity contribution in [1.82, 2.24) is 20.1 Å². The number of hydrogen-bond donors (Lipinski definition) is 3. The van der Waals surface area contributed by atoms with Crippen LogP contribution in [0.2, 0.25) is 0 Å². The SMILES string of the molecule is COc1cc(CCC(=O)N2CCc3[nH]nc(-c4cccc(F)c4)c3CC2)ccn1.O=C(O)C(F)(F)F.O=C(O)C(F)(F)F. The van der Waals surface area contributed by atoms with Crippen molar-refractivity contribution in [3.63, 3.8) is 0 Å². The number of rotatable bonds is 5. The number of pyridine rings is 1. The third kappa shape index (κ3) is 10.9. The van der Waals surface area contributed by atoms with Crippen LogP contribution in [0.4, 0.5) is 30.7 Å². The van der Waals surface area contributed by atoms with Gasteiger partial charge in [-0.2, -0.15) is 31.4 Å². The number of carbonyl (C=O) groups is 3. The maximum absolute atomic E-state index is 13.6. The fourth-order valence-corrected chi connectivity index (χ4v) is 3.73. The number of carboxylic acids is 2. The van der Waals surface area contributed by atoms with Gasteiger partial charge in [-0.1, -0.05) is 12.1 Å². The number of aliphatic carboxylic acids is 2. The molecule has 17 heteroatoms. The second-order valence-electron chi connectivity index (χ2n) is 8.73. The Balaban J connectivity index is 0.000000384. The Morgan fingerprint density at radius 3 is 2.14 bits per heavy atom. The van der Waals surface area contributed by atoms with Crippen molar-refractivity contribution < 1.29 is 60.1 Å². The molecule has 1 aliphatic heterocycles. The number of amides is 1. The number of nitrogens with one attached hydrogen (secondary N) is 1. The summed E-state index contributed by atoms with van der Waals surface area (Å²) in [7, 11) is 1.58. The number of ether oxygens (including phenoxy) is 1. The van der Waals surface area contributed by atoms with Crippen molar-refractivity contribution in [3.8, 4) is 17.1 Å². The van der Waals surface area contributed by atoms with Crippen LogP contribution in [0.25, 0.3) is 11.3 Å². The summed E-state index contributed by atoms with van der Waals surface area (Å²) in [5, 5.41) is 21.7. The zero-order valence-electron chi connectivity index (χ0n) is 22.3. The van der Waals surface area contributed by atoms with E-state index in [9.17, 15) is 35.5 Å². The van der Waals surface area contributed by atoms with Crippen LogP contribution in [0.1, 0.15) is 23.2 Å². The predicted octanol–water partition coefficient (Wildman–Crippen LogP) is 4.45. The molecule has 1 amide bonds. The van der Waals surface area contributed by atoms with Gasteiger partial charge in [0.15, 0.2) is 0 Å². The number of benzene rings is 1. The van der Waals surface area contributed by atoms with E-state index < -0.39 is 24.3 Å². The van der Waals surface area contributed by atoms with Gasteiger partial charge in [0.2, 0.25) is 11.8 Å². The highest BCUT2D eigenvalue weighted by Crippen LogP contribution is 2.27. The molecule has 0 radical (unpaired) electrons. The highest BCUT2D eigenvalue weighted by atomic mass is 19.4. The van der Waals surface area contributed by atoms with Gasteiger partial charge < -0.3 is 19.8 Å². The molecule has 0 unspecified atom stereocenters. The molecule has 234 valence electrons. The van der Waals surface area contributed by atoms with Crippen LogP contribution < -0.4 is 4.74 Å². The largest absolute Gasteiger partial charge is 0.490 e. The minimum Gasteiger partial charge on any atom is -0.481 e. The first-order chi connectivity index (χ1) is 20.0. The third-order valence-electron chi connectivity index (χ3n) is 5.79. The summed E-state index contributed by atoms with van der Waals surface area (Å²) in [6.45, 7) is 1.28. The van der Waals surface area contributed by atoms with Gasteiger partial charge in [0.05, 0.1) is 12.8 Å². The van der Waals surface area contributed by atoms with Crippen LogP contribution in [-0.4, -0.2) is 80.7 Å². The van der Waals surface area contributed by atoms with E-state index in [-0.39, 0.29) is 11.7 Å². The van der Waals surface area contributed by atoms with Gasteiger partial charge in [-0.15, -0.1) is 0 Å². The van der Waals surface area contributed by atoms with Crippen molar-refractivity contribution in [1.29, 1.82) is 0 Å². The summed E-state index contributed by atoms with van der Waals surface area (Å²) >= 11 is 0. The lowest BCUT2D eigenvalue weighted by Crippen LogP contribution is -2.33. The van der Waals surface area contributed by atoms with Crippen molar-refractivity contribution in [3.05, 3.63) is 65.2 Å². The van der Waals surface area contributed by atoms with Crippen LogP contribution in [0.5, 0.6) is 5.88 Å². The summed E-state index contributed by atoms with van der Waals surface area (Å²) < 4.78 is 82.2. The van der Waals surface area contributed by atoms with Crippen LogP contribution in [-0.2, 0) is 33.6 Å². The number of carbonyl (C=O) groups excluding carboxylic acids is 1. The average molecular weight is 622 g/mol. The van der Waals surface area contributed by atoms with Crippen LogP contribution in [0.3, 0.4) is 0 Å². The van der Waals surface area contributed by atoms with Crippen LogP contribution in [0, 0.1) is 5.82 Å². The van der Waals surface area contributed by atoms with Gasteiger partial charge in [0, 0.05) is 55.0 Å². The smallest absolute Gasteiger partial charge is 0.481 e. The number of halogens is 7. The summed E-state index contributed by atoms with van der Waals surface area (Å²) in [6.07, 6.45) is -5.97. The second-order valence-corrected chi connectivity index (χ2v) is 8.73. The van der Waals surface area contributed by atoms with E-state index in [0.717, 1.165) is 28.1 Å². The van der Waals surface area contributed by atoms with E-state index in [1.54, 1.807) is 19.4 Å². The molecule has 3 heterocycles. The maximum atomic E-state index is 13.6. The van der Waals surface area contributed by atoms with E-state index in [1.807, 2.05) is 23.1 Å². The number of carboxylic acid groups (broad SMARTS) is 2. The highest BCUT2D eigenvalue weighted by molar-refractivity contribution is 5.77. The Morgan fingerprint density at radius 1 is 0.977 bits per heavy atom. The van der Waals surface area contributed by atoms with Gasteiger partial charge >= 0.3 is 24.3 Å². The first-order valence-electron chi connectivity index (χ1n) is 12.2. The van der Waals surface area contributed by atoms with Gasteiger partial charge in [-0.05, 0) is 36.6 Å². The van der Waals surface area contributed by atoms with E-state index in [0.29, 0.717) is 44.7 Å². The molecule has 0 spiro atoms. The van der Waals surface area contributed by atoms with Crippen molar-refractivity contribution in [2.24, 2.45) is 0 Å². The van der Waals surface area contributed by atoms with Gasteiger partial charge in [0.1, 0.15) is 5.82 Å². The van der Waals surface area contributed by atoms with E-state index in [4.69, 9.17) is 24.5 Å². The fourth-order valence-electron chi connectivity index (χ4n) is 3.73. The summed E-state index contributed by atoms with van der Waals surface area (Å²) in [5.41, 5.74) is 4.66. The average Bonchev–Trinajstić information content (AvgIpc) is 3.22. The number of H-pyrrole nitrogens is 1. The number of alkyl halides is 6. The van der Waals surface area contributed by atoms with Crippen LogP contribution >= 0.6 is 0 Å². The molecule has 1 aromatic carbocycles. The van der Waals surface area contributed by atoms with Gasteiger partial charge in [-0.25, -0.2) is 19.0 Å². The molecule has 0 fully saturated rings. The van der Waals surface area contributed by atoms with E-state index in [1.165, 1.54) is 12.1 Å². The molecular weight excluding hydrogens is 597 g/mol. The first kappa shape index (κ1) is 34.5. The van der Waals surface area contributed by atoms with Crippen LogP contribution in [0.15, 0.2) is 42.6 Å². The molecule has 3 aromatic rings. The van der Waals surface area contributed by atoms with Crippen molar-refractivity contribution in [2.75, 3.05) is 20.2 Å². The predicted molar refractivity (Wildman–Crippen MR) is 134 cm³/mol. The van der Waals surface area contributed by atoms with Crippen molar-refractivity contribution >= 4 is 17.8 Å². The van der Waals surface area contributed by atoms with Crippen molar-refractivity contribution in [2.45, 2.75) is 38.0 Å². The molecule has 0 aliphatic carbocycles. The van der Waals surface area contributed by atoms with E-state index in [2.05, 4.69) is 15.2 Å². The molecule has 3 N–H and O–H groups in total. The molecule has 10 nitrogen and oxygen atoms in total. The zero-order valence-corrected chi connectivity index (χ0v) is 22.3. The summed E-state index contributed by atoms with van der Waals surface area (Å²) in [4.78, 5) is 36.5. The highest BCUT2D eigenvalue weighted by Gasteiger charge is 2.38. The number of fused-ring (bicyclic) bond motifs is 1. The molecule has 0 saturated heterocycles. The molecule has 0 saturated carbocycles. The standard InChI is InChI=1S/C22H23FN4O2.2C2HF3O2/c1-29-20-13-15(7-10-24-20)5-6-21(28)27-11-8-18-19(9-12-27)25-26-22(18)16-3-2-4-17(23)14-16;2*3-2(4,5)1(6)7/h2-4,7,10,13-14H,5-6,8-9,11-12H2,1H3,(H,25,26);2*(H,6,7). The number of aromatic nitrogens is 3. The number of aromatic amines is 1. The Labute approximate surface area is 239 Å². The maximum Gasteiger partial charge on any atom is 0.490 e. The van der Waals surface area contributed by atoms with E-state index >= 15 is 0 Å². The molecule has 2 aromatic heterocycles. The zero-order chi connectivity index (χ0) is 32.4. The summed E-state index contributed by atoms with van der Waals surface area (Å²) in [5.74, 6) is -5.11. The molecule has 1 aliphatic rings. The molecule has 0 atom stereocenters. The van der Waals surface area contributed by atoms with Gasteiger partial charge in [0.25, 0.3) is 0 Å². The minimum atomic E-state index is -5.08. The number of aryl methyl sites for hydroxylation is 1.